The summed E-state index contributed by atoms with van der Waals surface area (Å²) in [4.78, 5) is 0. The normalized spacial score (nSPS) is 5.80. The lowest BCUT2D eigenvalue weighted by Crippen LogP contribution is -1.85. The molecule has 0 aromatic rings. The lowest BCUT2D eigenvalue weighted by Gasteiger charge is -1.70. The first-order valence-electron chi connectivity index (χ1n) is 2.19. The van der Waals surface area contributed by atoms with Crippen molar-refractivity contribution in [2.45, 2.75) is 0 Å². The zero-order valence-corrected chi connectivity index (χ0v) is 6.65. The molecule has 0 aliphatic rings. The van der Waals surface area contributed by atoms with Gasteiger partial charge >= 0.3 is 0 Å². The van der Waals surface area contributed by atoms with Gasteiger partial charge in [0.2, 0.25) is 0 Å². The molecule has 0 atom stereocenters. The van der Waals surface area contributed by atoms with Crippen molar-refractivity contribution in [1.29, 1.82) is 0 Å². The highest BCUT2D eigenvalue weighted by molar-refractivity contribution is 7.78. The van der Waals surface area contributed by atoms with E-state index < -0.39 is 0 Å². The van der Waals surface area contributed by atoms with Crippen LogP contribution in [0.2, 0.25) is 0 Å². The van der Waals surface area contributed by atoms with Crippen molar-refractivity contribution in [3.8, 4) is 0 Å². The van der Waals surface area contributed by atoms with Crippen molar-refractivity contribution in [2.24, 2.45) is 10.2 Å². The third-order valence-corrected chi connectivity index (χ3v) is 0.395. The van der Waals surface area contributed by atoms with Crippen molar-refractivity contribution in [2.75, 3.05) is 13.2 Å². The molecule has 0 spiro atoms. The SMILES string of the molecule is OCCO.S=C=NN=C=S. The third kappa shape index (κ3) is 25.8. The van der Waals surface area contributed by atoms with E-state index in [1.54, 1.807) is 0 Å². The minimum Gasteiger partial charge on any atom is -0.394 e. The number of rotatable bonds is 2. The first-order chi connectivity index (χ1) is 4.83. The van der Waals surface area contributed by atoms with E-state index in [0.717, 1.165) is 0 Å². The van der Waals surface area contributed by atoms with Crippen LogP contribution in [0.5, 0.6) is 0 Å². The van der Waals surface area contributed by atoms with Crippen LogP contribution in [0.15, 0.2) is 10.2 Å². The summed E-state index contributed by atoms with van der Waals surface area (Å²) in [7, 11) is 0. The molecule has 4 nitrogen and oxygen atoms in total. The van der Waals surface area contributed by atoms with Gasteiger partial charge < -0.3 is 10.2 Å². The summed E-state index contributed by atoms with van der Waals surface area (Å²) >= 11 is 8.24. The molecule has 0 aliphatic carbocycles. The largest absolute Gasteiger partial charge is 0.394 e. The maximum Gasteiger partial charge on any atom is 0.0879 e. The molecule has 0 bridgehead atoms. The molecule has 0 rings (SSSR count). The van der Waals surface area contributed by atoms with Gasteiger partial charge in [-0.25, -0.2) is 0 Å². The topological polar surface area (TPSA) is 65.2 Å². The summed E-state index contributed by atoms with van der Waals surface area (Å²) in [5, 5.41) is 25.3. The van der Waals surface area contributed by atoms with Crippen LogP contribution in [0.4, 0.5) is 0 Å². The predicted octanol–water partition coefficient (Wildman–Crippen LogP) is 0.0780. The minimum absolute atomic E-state index is 0.125. The third-order valence-electron chi connectivity index (χ3n) is 0.232. The number of thiocarbonyl (C=S) groups is 2. The van der Waals surface area contributed by atoms with E-state index >= 15 is 0 Å². The summed E-state index contributed by atoms with van der Waals surface area (Å²) in [6.45, 7) is -0.250. The van der Waals surface area contributed by atoms with E-state index in [-0.39, 0.29) is 13.2 Å². The van der Waals surface area contributed by atoms with Crippen molar-refractivity contribution < 1.29 is 10.2 Å². The quantitative estimate of drug-likeness (QED) is 0.357. The highest BCUT2D eigenvalue weighted by Crippen LogP contribution is 1.57. The van der Waals surface area contributed by atoms with Gasteiger partial charge in [0.1, 0.15) is 0 Å². The number of aliphatic hydroxyl groups excluding tert-OH is 2. The lowest BCUT2D eigenvalue weighted by molar-refractivity contribution is 0.186. The van der Waals surface area contributed by atoms with Gasteiger partial charge in [-0.15, -0.1) is 0 Å². The van der Waals surface area contributed by atoms with Gasteiger partial charge in [0.05, 0.1) is 23.5 Å². The molecule has 10 heavy (non-hydrogen) atoms. The second-order valence-electron chi connectivity index (χ2n) is 0.830. The lowest BCUT2D eigenvalue weighted by atomic mass is 10.8. The molecular formula is C4H6N2O2S2. The van der Waals surface area contributed by atoms with E-state index in [1.807, 2.05) is 10.3 Å². The zero-order valence-electron chi connectivity index (χ0n) is 5.02. The van der Waals surface area contributed by atoms with E-state index in [9.17, 15) is 0 Å². The van der Waals surface area contributed by atoms with Crippen LogP contribution in [-0.2, 0) is 0 Å². The number of aliphatic hydroxyl groups is 2. The van der Waals surface area contributed by atoms with Crippen LogP contribution in [0.3, 0.4) is 0 Å². The molecule has 0 fully saturated rings. The maximum absolute atomic E-state index is 7.62. The van der Waals surface area contributed by atoms with Crippen molar-refractivity contribution in [3.05, 3.63) is 0 Å². The Balaban J connectivity index is 0. The molecule has 0 saturated carbocycles. The average Bonchev–Trinajstić information content (AvgIpc) is 2.01. The van der Waals surface area contributed by atoms with Gasteiger partial charge in [-0.2, -0.15) is 0 Å². The number of isothiocyanates is 2. The van der Waals surface area contributed by atoms with E-state index in [2.05, 4.69) is 34.6 Å². The molecular weight excluding hydrogens is 172 g/mol. The monoisotopic (exact) mass is 178 g/mol. The van der Waals surface area contributed by atoms with E-state index in [1.165, 1.54) is 0 Å². The second-order valence-corrected chi connectivity index (χ2v) is 1.19. The highest BCUT2D eigenvalue weighted by Gasteiger charge is 1.58. The van der Waals surface area contributed by atoms with Gasteiger partial charge in [0.15, 0.2) is 0 Å². The van der Waals surface area contributed by atoms with Gasteiger partial charge in [-0.05, 0) is 24.4 Å². The Morgan fingerprint density at radius 2 is 1.30 bits per heavy atom. The molecule has 0 saturated heterocycles. The first-order valence-corrected chi connectivity index (χ1v) is 3.00. The molecule has 6 heteroatoms. The van der Waals surface area contributed by atoms with Gasteiger partial charge in [0.25, 0.3) is 0 Å². The predicted molar refractivity (Wildman–Crippen MR) is 44.2 cm³/mol. The smallest absolute Gasteiger partial charge is 0.0879 e. The van der Waals surface area contributed by atoms with Crippen LogP contribution in [0.1, 0.15) is 0 Å². The fourth-order valence-corrected chi connectivity index (χ4v) is 0.122. The van der Waals surface area contributed by atoms with Crippen LogP contribution < -0.4 is 0 Å². The van der Waals surface area contributed by atoms with Crippen molar-refractivity contribution in [3.63, 3.8) is 0 Å². The van der Waals surface area contributed by atoms with Crippen molar-refractivity contribution >= 4 is 34.8 Å². The Morgan fingerprint density at radius 1 is 1.00 bits per heavy atom. The van der Waals surface area contributed by atoms with Crippen LogP contribution >= 0.6 is 24.4 Å². The Morgan fingerprint density at radius 3 is 1.40 bits per heavy atom. The number of hydrogen-bond donors (Lipinski definition) is 2. The number of hydrogen-bond acceptors (Lipinski definition) is 6. The summed E-state index contributed by atoms with van der Waals surface area (Å²) in [5.41, 5.74) is 0. The fraction of sp³-hybridized carbons (Fsp3) is 0.500. The minimum atomic E-state index is -0.125. The van der Waals surface area contributed by atoms with Crippen LogP contribution in [0.25, 0.3) is 0 Å². The summed E-state index contributed by atoms with van der Waals surface area (Å²) in [6.07, 6.45) is 0. The average molecular weight is 178 g/mol. The van der Waals surface area contributed by atoms with E-state index in [0.29, 0.717) is 0 Å². The summed E-state index contributed by atoms with van der Waals surface area (Å²) < 4.78 is 0. The Hall–Kier alpha value is -0.480. The van der Waals surface area contributed by atoms with Gasteiger partial charge in [0, 0.05) is 0 Å². The Labute approximate surface area is 68.9 Å². The molecule has 0 aromatic carbocycles. The second kappa shape index (κ2) is 15.8. The molecule has 0 radical (unpaired) electrons. The molecule has 0 unspecified atom stereocenters. The molecule has 0 heterocycles. The Bertz CT molecular complexity index is 131. The summed E-state index contributed by atoms with van der Waals surface area (Å²) in [6, 6.07) is 0. The van der Waals surface area contributed by atoms with Gasteiger partial charge in [-0.1, -0.05) is 10.2 Å². The standard InChI is InChI=1S/C2N2S2.C2H6O2/c5-1-3-4-2-6;3-1-2-4/h;3-4H,1-2H2. The Kier molecular flexibility index (Phi) is 19.3. The molecule has 0 aliphatic heterocycles. The highest BCUT2D eigenvalue weighted by atomic mass is 32.1. The van der Waals surface area contributed by atoms with Crippen molar-refractivity contribution in [1.82, 2.24) is 0 Å². The first kappa shape index (κ1) is 12.2. The van der Waals surface area contributed by atoms with Crippen LogP contribution in [-0.4, -0.2) is 33.7 Å². The molecule has 56 valence electrons. The fourth-order valence-electron chi connectivity index (χ4n) is 0.0408. The zero-order chi connectivity index (χ0) is 8.24. The molecule has 2 N–H and O–H groups in total. The maximum atomic E-state index is 7.62. The number of nitrogens with zero attached hydrogens (tertiary/aromatic N) is 2. The molecule has 0 aromatic heterocycles. The van der Waals surface area contributed by atoms with Crippen LogP contribution in [0, 0.1) is 0 Å². The van der Waals surface area contributed by atoms with Gasteiger partial charge in [-0.3, -0.25) is 0 Å². The van der Waals surface area contributed by atoms with E-state index in [4.69, 9.17) is 10.2 Å². The summed E-state index contributed by atoms with van der Waals surface area (Å²) in [5.74, 6) is 0. The molecule has 0 amide bonds.